The van der Waals surface area contributed by atoms with Gasteiger partial charge in [0.1, 0.15) is 11.4 Å². The summed E-state index contributed by atoms with van der Waals surface area (Å²) in [4.78, 5) is 0. The summed E-state index contributed by atoms with van der Waals surface area (Å²) < 4.78 is 0. The van der Waals surface area contributed by atoms with E-state index >= 15 is 0 Å². The first kappa shape index (κ1) is 13.0. The molecule has 0 saturated carbocycles. The third-order valence-corrected chi connectivity index (χ3v) is 3.25. The van der Waals surface area contributed by atoms with Gasteiger partial charge in [0.25, 0.3) is 0 Å². The Hall–Kier alpha value is -1.46. The zero-order valence-corrected chi connectivity index (χ0v) is 10.6. The Balaban J connectivity index is 2.09. The van der Waals surface area contributed by atoms with Crippen LogP contribution in [0.2, 0.25) is 0 Å². The van der Waals surface area contributed by atoms with Crippen LogP contribution in [0.25, 0.3) is 0 Å². The Labute approximate surface area is 107 Å². The minimum Gasteiger partial charge on any atom is -0.629 e. The van der Waals surface area contributed by atoms with E-state index in [1.165, 1.54) is 5.56 Å². The molecule has 4 nitrogen and oxygen atoms in total. The highest BCUT2D eigenvalue weighted by molar-refractivity contribution is 5.37. The fourth-order valence-electron chi connectivity index (χ4n) is 2.09. The molecule has 0 aromatic heterocycles. The molecule has 1 aliphatic rings. The van der Waals surface area contributed by atoms with Crippen LogP contribution in [-0.2, 0) is 0 Å². The first-order valence-electron chi connectivity index (χ1n) is 6.08. The van der Waals surface area contributed by atoms with Crippen LogP contribution < -0.4 is 10.1 Å². The highest BCUT2D eigenvalue weighted by Gasteiger charge is 2.13. The van der Waals surface area contributed by atoms with Crippen LogP contribution in [0.5, 0.6) is 0 Å². The monoisotopic (exact) mass is 246 g/mol. The Bertz CT molecular complexity index is 461. The fraction of sp³-hybridized carbons (Fsp3) is 0.286. The van der Waals surface area contributed by atoms with Crippen LogP contribution in [0.1, 0.15) is 17.9 Å². The molecule has 1 aliphatic carbocycles. The lowest BCUT2D eigenvalue weighted by Gasteiger charge is -2.22. The normalized spacial score (nSPS) is 22.4. The van der Waals surface area contributed by atoms with Gasteiger partial charge in [-0.1, -0.05) is 18.2 Å². The standard InChI is InChI=1S/C14H18N2O2/c1-15(17)13-7-3-11(4-8-13)12-5-9-14(10-6-12)16(2)18/h3-5,7-10,12,15-16H,6H2,1-2H3. The van der Waals surface area contributed by atoms with Gasteiger partial charge in [0, 0.05) is 5.92 Å². The van der Waals surface area contributed by atoms with Crippen molar-refractivity contribution in [1.82, 2.24) is 0 Å². The van der Waals surface area contributed by atoms with E-state index in [-0.39, 0.29) is 10.1 Å². The lowest BCUT2D eigenvalue weighted by atomic mass is 9.91. The smallest absolute Gasteiger partial charge is 0.130 e. The first-order chi connectivity index (χ1) is 8.58. The third kappa shape index (κ3) is 2.86. The summed E-state index contributed by atoms with van der Waals surface area (Å²) in [5.41, 5.74) is 2.69. The third-order valence-electron chi connectivity index (χ3n) is 3.25. The van der Waals surface area contributed by atoms with E-state index < -0.39 is 0 Å². The maximum atomic E-state index is 11.2. The van der Waals surface area contributed by atoms with E-state index in [1.807, 2.05) is 36.4 Å². The summed E-state index contributed by atoms with van der Waals surface area (Å²) in [5, 5.41) is 22.6. The molecule has 0 heterocycles. The van der Waals surface area contributed by atoms with Crippen molar-refractivity contribution in [1.29, 1.82) is 0 Å². The van der Waals surface area contributed by atoms with Gasteiger partial charge in [0.15, 0.2) is 0 Å². The van der Waals surface area contributed by atoms with Gasteiger partial charge in [0.2, 0.25) is 0 Å². The molecular weight excluding hydrogens is 228 g/mol. The van der Waals surface area contributed by atoms with Crippen LogP contribution in [0.3, 0.4) is 0 Å². The molecule has 0 spiro atoms. The summed E-state index contributed by atoms with van der Waals surface area (Å²) in [7, 11) is 3.15. The van der Waals surface area contributed by atoms with Crippen molar-refractivity contribution in [3.05, 3.63) is 64.2 Å². The van der Waals surface area contributed by atoms with E-state index in [2.05, 4.69) is 6.08 Å². The predicted octanol–water partition coefficient (Wildman–Crippen LogP) is 0.271. The summed E-state index contributed by atoms with van der Waals surface area (Å²) in [6.07, 6.45) is 6.76. The van der Waals surface area contributed by atoms with Crippen molar-refractivity contribution in [2.75, 3.05) is 14.1 Å². The molecule has 3 unspecified atom stereocenters. The quantitative estimate of drug-likeness (QED) is 0.752. The Kier molecular flexibility index (Phi) is 3.93. The molecule has 4 heteroatoms. The molecule has 1 aromatic carbocycles. The van der Waals surface area contributed by atoms with Gasteiger partial charge in [-0.25, -0.2) is 0 Å². The van der Waals surface area contributed by atoms with Crippen molar-refractivity contribution in [3.8, 4) is 0 Å². The van der Waals surface area contributed by atoms with E-state index in [4.69, 9.17) is 0 Å². The number of nitrogens with one attached hydrogen (secondary N) is 2. The number of quaternary nitrogens is 2. The lowest BCUT2D eigenvalue weighted by molar-refractivity contribution is -0.779. The average molecular weight is 246 g/mol. The maximum Gasteiger partial charge on any atom is 0.130 e. The van der Waals surface area contributed by atoms with E-state index in [0.29, 0.717) is 5.92 Å². The molecule has 1 aromatic rings. The molecule has 0 amide bonds. The second kappa shape index (κ2) is 5.46. The predicted molar refractivity (Wildman–Crippen MR) is 71.2 cm³/mol. The Morgan fingerprint density at radius 3 is 2.17 bits per heavy atom. The minimum atomic E-state index is 0.0829. The number of benzene rings is 1. The van der Waals surface area contributed by atoms with Crippen molar-refractivity contribution >= 4 is 5.69 Å². The molecule has 0 bridgehead atoms. The van der Waals surface area contributed by atoms with E-state index in [0.717, 1.165) is 17.8 Å². The fourth-order valence-corrected chi connectivity index (χ4v) is 2.09. The Morgan fingerprint density at radius 2 is 1.72 bits per heavy atom. The first-order valence-corrected chi connectivity index (χ1v) is 6.08. The van der Waals surface area contributed by atoms with Crippen molar-refractivity contribution in [2.45, 2.75) is 12.3 Å². The number of likely N-dealkylation sites (N-methyl/N-ethyl adjacent to an activating group) is 1. The summed E-state index contributed by atoms with van der Waals surface area (Å²) in [6, 6.07) is 7.68. The molecular formula is C14H18N2O2. The lowest BCUT2D eigenvalue weighted by Crippen LogP contribution is -3.01. The van der Waals surface area contributed by atoms with E-state index in [1.54, 1.807) is 14.1 Å². The van der Waals surface area contributed by atoms with Gasteiger partial charge >= 0.3 is 0 Å². The molecule has 0 aliphatic heterocycles. The summed E-state index contributed by atoms with van der Waals surface area (Å²) in [5.74, 6) is 0.300. The number of rotatable bonds is 3. The highest BCUT2D eigenvalue weighted by atomic mass is 16.5. The molecule has 0 saturated heterocycles. The molecule has 2 rings (SSSR count). The van der Waals surface area contributed by atoms with Crippen molar-refractivity contribution in [3.63, 3.8) is 0 Å². The molecule has 2 N–H and O–H groups in total. The van der Waals surface area contributed by atoms with E-state index in [9.17, 15) is 10.4 Å². The van der Waals surface area contributed by atoms with Crippen LogP contribution in [-0.4, -0.2) is 14.1 Å². The average Bonchev–Trinajstić information content (AvgIpc) is 2.39. The highest BCUT2D eigenvalue weighted by Crippen LogP contribution is 2.25. The topological polar surface area (TPSA) is 55.0 Å². The summed E-state index contributed by atoms with van der Waals surface area (Å²) >= 11 is 0. The maximum absolute atomic E-state index is 11.2. The van der Waals surface area contributed by atoms with Crippen LogP contribution in [0.15, 0.2) is 48.2 Å². The van der Waals surface area contributed by atoms with Crippen LogP contribution >= 0.6 is 0 Å². The molecule has 96 valence electrons. The van der Waals surface area contributed by atoms with Gasteiger partial charge in [-0.05, 0) is 36.3 Å². The largest absolute Gasteiger partial charge is 0.629 e. The minimum absolute atomic E-state index is 0.0829. The number of hydroxylamine groups is 3. The second-order valence-corrected chi connectivity index (χ2v) is 4.60. The molecule has 18 heavy (non-hydrogen) atoms. The van der Waals surface area contributed by atoms with Gasteiger partial charge in [-0.3, -0.25) is 0 Å². The van der Waals surface area contributed by atoms with Gasteiger partial charge < -0.3 is 20.5 Å². The number of hydrogen-bond acceptors (Lipinski definition) is 2. The van der Waals surface area contributed by atoms with Gasteiger partial charge in [-0.15, -0.1) is 0 Å². The van der Waals surface area contributed by atoms with Gasteiger partial charge in [0.05, 0.1) is 14.1 Å². The number of hydrogen-bond donors (Lipinski definition) is 2. The zero-order valence-electron chi connectivity index (χ0n) is 10.6. The number of allylic oxidation sites excluding steroid dienone is 3. The zero-order chi connectivity index (χ0) is 13.1. The second-order valence-electron chi connectivity index (χ2n) is 4.60. The van der Waals surface area contributed by atoms with Crippen molar-refractivity contribution < 1.29 is 10.1 Å². The molecule has 0 radical (unpaired) electrons. The molecule has 0 fully saturated rings. The van der Waals surface area contributed by atoms with Crippen LogP contribution in [0.4, 0.5) is 5.69 Å². The van der Waals surface area contributed by atoms with Gasteiger partial charge in [-0.2, -0.15) is 0 Å². The summed E-state index contributed by atoms with van der Waals surface area (Å²) in [6.45, 7) is 0. The van der Waals surface area contributed by atoms with Crippen molar-refractivity contribution in [2.24, 2.45) is 0 Å². The Morgan fingerprint density at radius 1 is 1.06 bits per heavy atom. The molecule has 3 atom stereocenters. The van der Waals surface area contributed by atoms with Crippen LogP contribution in [0, 0.1) is 10.4 Å². The SMILES string of the molecule is C[NH+]([O-])C1=CCC(c2ccc([NH+](C)[O-])cc2)C=C1.